The molecule has 0 unspecified atom stereocenters. The Morgan fingerprint density at radius 1 is 0.925 bits per heavy atom. The van der Waals surface area contributed by atoms with E-state index in [0.29, 0.717) is 56.7 Å². The molecule has 0 fully saturated rings. The van der Waals surface area contributed by atoms with E-state index in [1.54, 1.807) is 62.5 Å². The lowest BCUT2D eigenvalue weighted by atomic mass is 9.99. The highest BCUT2D eigenvalue weighted by atomic mass is 19.1. The number of benzene rings is 2. The zero-order valence-corrected chi connectivity index (χ0v) is 22.4. The van der Waals surface area contributed by atoms with E-state index in [1.807, 2.05) is 0 Å². The zero-order chi connectivity index (χ0) is 28.4. The van der Waals surface area contributed by atoms with Gasteiger partial charge in [-0.25, -0.2) is 9.37 Å². The lowest BCUT2D eigenvalue weighted by Crippen LogP contribution is -2.29. The molecule has 3 heterocycles. The Balaban J connectivity index is 1.39. The number of nitrogens with zero attached hydrogens (tertiary/aromatic N) is 3. The summed E-state index contributed by atoms with van der Waals surface area (Å²) in [7, 11) is 3.03. The van der Waals surface area contributed by atoms with Crippen LogP contribution in [0.15, 0.2) is 77.7 Å². The quantitative estimate of drug-likeness (QED) is 0.231. The molecule has 8 nitrogen and oxygen atoms in total. The van der Waals surface area contributed by atoms with Gasteiger partial charge in [0.15, 0.2) is 17.3 Å². The normalized spacial score (nSPS) is 10.9. The van der Waals surface area contributed by atoms with Crippen molar-refractivity contribution in [2.45, 2.75) is 20.3 Å². The maximum Gasteiger partial charge on any atom is 0.266 e. The Labute approximate surface area is 229 Å². The van der Waals surface area contributed by atoms with Crippen LogP contribution in [0.1, 0.15) is 27.2 Å². The van der Waals surface area contributed by atoms with Gasteiger partial charge in [-0.3, -0.25) is 19.1 Å². The molecule has 9 heteroatoms. The first-order valence-electron chi connectivity index (χ1n) is 12.5. The van der Waals surface area contributed by atoms with Gasteiger partial charge >= 0.3 is 0 Å². The molecule has 0 saturated heterocycles. The fraction of sp³-hybridized carbons (Fsp3) is 0.161. The van der Waals surface area contributed by atoms with Crippen molar-refractivity contribution in [2.75, 3.05) is 14.2 Å². The van der Waals surface area contributed by atoms with Crippen LogP contribution in [-0.4, -0.2) is 34.5 Å². The van der Waals surface area contributed by atoms with E-state index in [-0.39, 0.29) is 17.8 Å². The first-order valence-corrected chi connectivity index (χ1v) is 12.5. The number of rotatable bonds is 8. The van der Waals surface area contributed by atoms with Gasteiger partial charge in [0, 0.05) is 36.1 Å². The molecule has 5 aromatic rings. The van der Waals surface area contributed by atoms with Crippen LogP contribution < -0.4 is 19.8 Å². The molecule has 40 heavy (non-hydrogen) atoms. The minimum Gasteiger partial charge on any atom is -0.491 e. The minimum absolute atomic E-state index is 0.0274. The molecule has 0 saturated carbocycles. The summed E-state index contributed by atoms with van der Waals surface area (Å²) in [5, 5.41) is 0. The highest BCUT2D eigenvalue weighted by Gasteiger charge is 2.19. The van der Waals surface area contributed by atoms with Gasteiger partial charge in [0.1, 0.15) is 17.1 Å². The maximum atomic E-state index is 13.4. The van der Waals surface area contributed by atoms with Gasteiger partial charge < -0.3 is 14.2 Å². The highest BCUT2D eigenvalue weighted by Crippen LogP contribution is 2.34. The van der Waals surface area contributed by atoms with E-state index in [1.165, 1.54) is 43.1 Å². The van der Waals surface area contributed by atoms with Gasteiger partial charge in [0.05, 0.1) is 25.3 Å². The number of fused-ring (bicyclic) bond motifs is 1. The van der Waals surface area contributed by atoms with Crippen LogP contribution in [-0.2, 0) is 6.42 Å². The summed E-state index contributed by atoms with van der Waals surface area (Å²) in [4.78, 5) is 35.5. The molecule has 0 bridgehead atoms. The van der Waals surface area contributed by atoms with Crippen LogP contribution in [0.2, 0.25) is 0 Å². The van der Waals surface area contributed by atoms with Gasteiger partial charge in [-0.1, -0.05) is 12.1 Å². The minimum atomic E-state index is -0.432. The van der Waals surface area contributed by atoms with Crippen LogP contribution in [0.4, 0.5) is 4.39 Å². The average Bonchev–Trinajstić information content (AvgIpc) is 2.94. The number of methoxy groups -OCH3 is 2. The number of carbonyl (C=O) groups excluding carboxylic acids is 1. The van der Waals surface area contributed by atoms with Crippen molar-refractivity contribution < 1.29 is 23.4 Å². The van der Waals surface area contributed by atoms with Crippen molar-refractivity contribution in [1.29, 1.82) is 0 Å². The van der Waals surface area contributed by atoms with E-state index < -0.39 is 11.4 Å². The molecule has 5 rings (SSSR count). The molecule has 202 valence electrons. The number of ketones is 1. The monoisotopic (exact) mass is 539 g/mol. The molecular weight excluding hydrogens is 513 g/mol. The van der Waals surface area contributed by atoms with E-state index in [9.17, 15) is 14.0 Å². The topological polar surface area (TPSA) is 92.5 Å². The first-order chi connectivity index (χ1) is 19.3. The van der Waals surface area contributed by atoms with Crippen LogP contribution in [0.5, 0.6) is 23.1 Å². The summed E-state index contributed by atoms with van der Waals surface area (Å²) >= 11 is 0. The van der Waals surface area contributed by atoms with Crippen LogP contribution in [0.25, 0.3) is 16.7 Å². The Bertz CT molecular complexity index is 1780. The van der Waals surface area contributed by atoms with E-state index >= 15 is 0 Å². The number of hydrogen-bond acceptors (Lipinski definition) is 7. The van der Waals surface area contributed by atoms with E-state index in [2.05, 4.69) is 9.97 Å². The van der Waals surface area contributed by atoms with E-state index in [4.69, 9.17) is 14.2 Å². The van der Waals surface area contributed by atoms with Crippen LogP contribution in [0.3, 0.4) is 0 Å². The number of carbonyl (C=O) groups is 1. The van der Waals surface area contributed by atoms with Gasteiger partial charge in [0.25, 0.3) is 11.4 Å². The Morgan fingerprint density at radius 2 is 1.65 bits per heavy atom. The van der Waals surface area contributed by atoms with Crippen molar-refractivity contribution in [3.8, 4) is 28.8 Å². The summed E-state index contributed by atoms with van der Waals surface area (Å²) in [6, 6.07) is 17.8. The molecule has 0 aliphatic heterocycles. The number of ether oxygens (including phenoxy) is 3. The average molecular weight is 540 g/mol. The fourth-order valence-electron chi connectivity index (χ4n) is 4.60. The Morgan fingerprint density at radius 3 is 2.33 bits per heavy atom. The molecule has 2 aromatic carbocycles. The highest BCUT2D eigenvalue weighted by molar-refractivity contribution is 5.98. The molecular formula is C31H26FN3O5. The summed E-state index contributed by atoms with van der Waals surface area (Å²) in [5.74, 6) is 1.07. The van der Waals surface area contributed by atoms with Gasteiger partial charge in [0.2, 0.25) is 0 Å². The molecule has 0 N–H and O–H groups in total. The van der Waals surface area contributed by atoms with Gasteiger partial charge in [-0.2, -0.15) is 0 Å². The summed E-state index contributed by atoms with van der Waals surface area (Å²) in [5.41, 5.74) is 3.22. The first kappa shape index (κ1) is 26.6. The Hall–Kier alpha value is -5.05. The third kappa shape index (κ3) is 5.13. The summed E-state index contributed by atoms with van der Waals surface area (Å²) in [6.07, 6.45) is 1.64. The van der Waals surface area contributed by atoms with Crippen molar-refractivity contribution in [1.82, 2.24) is 14.5 Å². The second-order valence-corrected chi connectivity index (χ2v) is 9.18. The molecule has 0 radical (unpaired) electrons. The molecule has 0 amide bonds. The van der Waals surface area contributed by atoms with Gasteiger partial charge in [-0.05, 0) is 67.4 Å². The SMILES string of the molecule is COc1cc2nccc(Oc3ccc(CC(=O)c4c(C)cc(C)n(-c5ccc(F)cc5)c4=O)cc3)c2nc1OC. The maximum absolute atomic E-state index is 13.4. The molecule has 3 aromatic heterocycles. The number of pyridine rings is 3. The largest absolute Gasteiger partial charge is 0.491 e. The van der Waals surface area contributed by atoms with E-state index in [0.717, 1.165) is 0 Å². The predicted molar refractivity (Wildman–Crippen MR) is 149 cm³/mol. The predicted octanol–water partition coefficient (Wildman–Crippen LogP) is 5.77. The second kappa shape index (κ2) is 11.0. The standard InChI is InChI=1S/C31H26FN3O5/c1-18-15-19(2)35(22-9-7-21(32)8-10-22)31(37)28(18)25(36)16-20-5-11-23(12-6-20)40-26-13-14-33-24-17-27(38-3)30(39-4)34-29(24)26/h5-15,17H,16H2,1-4H3. The smallest absolute Gasteiger partial charge is 0.266 e. The molecule has 0 aliphatic carbocycles. The van der Waals surface area contributed by atoms with Crippen molar-refractivity contribution in [3.63, 3.8) is 0 Å². The molecule has 0 aliphatic rings. The van der Waals surface area contributed by atoms with Crippen LogP contribution in [0, 0.1) is 19.7 Å². The number of hydrogen-bond donors (Lipinski definition) is 0. The van der Waals surface area contributed by atoms with Crippen LogP contribution >= 0.6 is 0 Å². The third-order valence-electron chi connectivity index (χ3n) is 6.49. The number of aromatic nitrogens is 3. The number of Topliss-reactive ketones (excluding diaryl/α,β-unsaturated/α-hetero) is 1. The summed E-state index contributed by atoms with van der Waals surface area (Å²) < 4.78 is 31.5. The number of halogens is 1. The van der Waals surface area contributed by atoms with Gasteiger partial charge in [-0.15, -0.1) is 0 Å². The third-order valence-corrected chi connectivity index (χ3v) is 6.49. The van der Waals surface area contributed by atoms with Crippen molar-refractivity contribution in [2.24, 2.45) is 0 Å². The lowest BCUT2D eigenvalue weighted by Gasteiger charge is -2.14. The second-order valence-electron chi connectivity index (χ2n) is 9.18. The number of aryl methyl sites for hydroxylation is 2. The molecule has 0 spiro atoms. The van der Waals surface area contributed by atoms with Crippen molar-refractivity contribution >= 4 is 16.8 Å². The Kier molecular flexibility index (Phi) is 7.29. The summed E-state index contributed by atoms with van der Waals surface area (Å²) in [6.45, 7) is 3.52. The lowest BCUT2D eigenvalue weighted by molar-refractivity contribution is 0.0990. The van der Waals surface area contributed by atoms with Crippen molar-refractivity contribution in [3.05, 3.63) is 111 Å². The zero-order valence-electron chi connectivity index (χ0n) is 22.4. The fourth-order valence-corrected chi connectivity index (χ4v) is 4.60. The molecule has 0 atom stereocenters.